The van der Waals surface area contributed by atoms with E-state index in [2.05, 4.69) is 25.8 Å². The smallest absolute Gasteiger partial charge is 0.0386 e. The zero-order valence-corrected chi connectivity index (χ0v) is 10.3. The van der Waals surface area contributed by atoms with Crippen LogP contribution in [0.4, 0.5) is 0 Å². The summed E-state index contributed by atoms with van der Waals surface area (Å²) in [7, 11) is 0. The van der Waals surface area contributed by atoms with Crippen LogP contribution in [0.2, 0.25) is 0 Å². The fourth-order valence-electron chi connectivity index (χ4n) is 1.51. The molecule has 0 aromatic carbocycles. The molecule has 0 aliphatic carbocycles. The van der Waals surface area contributed by atoms with E-state index in [9.17, 15) is 0 Å². The highest BCUT2D eigenvalue weighted by molar-refractivity contribution is 5.84. The predicted molar refractivity (Wildman–Crippen MR) is 66.3 cm³/mol. The van der Waals surface area contributed by atoms with Gasteiger partial charge in [-0.1, -0.05) is 40.0 Å². The van der Waals surface area contributed by atoms with Gasteiger partial charge in [-0.2, -0.15) is 0 Å². The van der Waals surface area contributed by atoms with Crippen molar-refractivity contribution in [2.45, 2.75) is 72.1 Å². The van der Waals surface area contributed by atoms with Gasteiger partial charge in [-0.25, -0.2) is 0 Å². The molecule has 0 heterocycles. The van der Waals surface area contributed by atoms with E-state index in [1.807, 2.05) is 0 Å². The molecule has 84 valence electrons. The third-order valence-corrected chi connectivity index (χ3v) is 2.45. The van der Waals surface area contributed by atoms with Gasteiger partial charge in [0.2, 0.25) is 0 Å². The Bertz CT molecular complexity index is 138. The van der Waals surface area contributed by atoms with Gasteiger partial charge >= 0.3 is 0 Å². The molecule has 0 radical (unpaired) electrons. The third-order valence-electron chi connectivity index (χ3n) is 2.45. The highest BCUT2D eigenvalue weighted by Gasteiger charge is 1.98. The first-order valence-electron chi connectivity index (χ1n) is 6.37. The highest BCUT2D eigenvalue weighted by atomic mass is 14.7. The summed E-state index contributed by atoms with van der Waals surface area (Å²) in [6.07, 6.45) is 10.3. The third kappa shape index (κ3) is 8.28. The Labute approximate surface area is 90.0 Å². The minimum Gasteiger partial charge on any atom is -0.294 e. The lowest BCUT2D eigenvalue weighted by Crippen LogP contribution is -2.00. The molecule has 0 aromatic rings. The van der Waals surface area contributed by atoms with Crippen LogP contribution in [0.1, 0.15) is 72.1 Å². The molecule has 0 rings (SSSR count). The standard InChI is InChI=1S/C13H27N/c1-4-7-9-11-13(10-8-5-2)14-12-6-3/h4-12H2,1-3H3. The second-order valence-electron chi connectivity index (χ2n) is 4.01. The molecule has 0 aliphatic heterocycles. The van der Waals surface area contributed by atoms with Crippen LogP contribution >= 0.6 is 0 Å². The molecule has 0 saturated carbocycles. The van der Waals surface area contributed by atoms with Crippen molar-refractivity contribution in [1.29, 1.82) is 0 Å². The van der Waals surface area contributed by atoms with Crippen molar-refractivity contribution in [3.63, 3.8) is 0 Å². The minimum atomic E-state index is 1.03. The van der Waals surface area contributed by atoms with Crippen molar-refractivity contribution in [2.75, 3.05) is 6.54 Å². The molecule has 0 bridgehead atoms. The van der Waals surface area contributed by atoms with Crippen LogP contribution < -0.4 is 0 Å². The summed E-state index contributed by atoms with van der Waals surface area (Å²) in [5.74, 6) is 0. The van der Waals surface area contributed by atoms with Gasteiger partial charge in [-0.3, -0.25) is 4.99 Å². The van der Waals surface area contributed by atoms with Crippen LogP contribution in [0.15, 0.2) is 4.99 Å². The number of unbranched alkanes of at least 4 members (excludes halogenated alkanes) is 3. The highest BCUT2D eigenvalue weighted by Crippen LogP contribution is 2.07. The van der Waals surface area contributed by atoms with E-state index in [4.69, 9.17) is 0 Å². The van der Waals surface area contributed by atoms with Crippen LogP contribution in [-0.2, 0) is 0 Å². The summed E-state index contributed by atoms with van der Waals surface area (Å²) in [6, 6.07) is 0. The summed E-state index contributed by atoms with van der Waals surface area (Å²) in [6.45, 7) is 7.75. The Kier molecular flexibility index (Phi) is 10.5. The topological polar surface area (TPSA) is 12.4 Å². The van der Waals surface area contributed by atoms with Gasteiger partial charge in [-0.05, 0) is 32.1 Å². The van der Waals surface area contributed by atoms with Crippen molar-refractivity contribution in [2.24, 2.45) is 4.99 Å². The van der Waals surface area contributed by atoms with Crippen LogP contribution in [-0.4, -0.2) is 12.3 Å². The lowest BCUT2D eigenvalue weighted by Gasteiger charge is -2.05. The largest absolute Gasteiger partial charge is 0.294 e. The van der Waals surface area contributed by atoms with E-state index < -0.39 is 0 Å². The van der Waals surface area contributed by atoms with Gasteiger partial charge in [-0.15, -0.1) is 0 Å². The first kappa shape index (κ1) is 13.7. The second kappa shape index (κ2) is 10.7. The Morgan fingerprint density at radius 1 is 0.786 bits per heavy atom. The van der Waals surface area contributed by atoms with Gasteiger partial charge in [0.25, 0.3) is 0 Å². The van der Waals surface area contributed by atoms with Crippen molar-refractivity contribution >= 4 is 5.71 Å². The van der Waals surface area contributed by atoms with Gasteiger partial charge in [0.15, 0.2) is 0 Å². The summed E-state index contributed by atoms with van der Waals surface area (Å²) in [5.41, 5.74) is 1.47. The number of rotatable bonds is 9. The zero-order valence-electron chi connectivity index (χ0n) is 10.3. The average Bonchev–Trinajstić information content (AvgIpc) is 2.21. The molecule has 0 N–H and O–H groups in total. The van der Waals surface area contributed by atoms with E-state index in [1.54, 1.807) is 0 Å². The number of hydrogen-bond acceptors (Lipinski definition) is 1. The van der Waals surface area contributed by atoms with Gasteiger partial charge in [0.05, 0.1) is 0 Å². The summed E-state index contributed by atoms with van der Waals surface area (Å²) < 4.78 is 0. The van der Waals surface area contributed by atoms with Crippen LogP contribution in [0.5, 0.6) is 0 Å². The van der Waals surface area contributed by atoms with Gasteiger partial charge in [0, 0.05) is 12.3 Å². The molecule has 0 aliphatic rings. The van der Waals surface area contributed by atoms with E-state index in [1.165, 1.54) is 57.1 Å². The van der Waals surface area contributed by atoms with Gasteiger partial charge < -0.3 is 0 Å². The Morgan fingerprint density at radius 2 is 1.43 bits per heavy atom. The molecule has 1 nitrogen and oxygen atoms in total. The normalized spacial score (nSPS) is 12.1. The first-order valence-corrected chi connectivity index (χ1v) is 6.37. The van der Waals surface area contributed by atoms with E-state index in [0.29, 0.717) is 0 Å². The Balaban J connectivity index is 3.72. The van der Waals surface area contributed by atoms with E-state index in [-0.39, 0.29) is 0 Å². The minimum absolute atomic E-state index is 1.03. The second-order valence-corrected chi connectivity index (χ2v) is 4.01. The van der Waals surface area contributed by atoms with Crippen molar-refractivity contribution < 1.29 is 0 Å². The molecule has 0 amide bonds. The molecule has 1 heteroatoms. The summed E-state index contributed by atoms with van der Waals surface area (Å²) >= 11 is 0. The fourth-order valence-corrected chi connectivity index (χ4v) is 1.51. The fraction of sp³-hybridized carbons (Fsp3) is 0.923. The van der Waals surface area contributed by atoms with Crippen molar-refractivity contribution in [3.8, 4) is 0 Å². The molecule has 0 saturated heterocycles. The van der Waals surface area contributed by atoms with Crippen LogP contribution in [0, 0.1) is 0 Å². The first-order chi connectivity index (χ1) is 6.85. The summed E-state index contributed by atoms with van der Waals surface area (Å²) in [5, 5.41) is 0. The monoisotopic (exact) mass is 197 g/mol. The maximum Gasteiger partial charge on any atom is 0.0386 e. The SMILES string of the molecule is CCCCCC(CCCC)=NCCC. The molecule has 0 unspecified atom stereocenters. The summed E-state index contributed by atoms with van der Waals surface area (Å²) in [4.78, 5) is 4.67. The zero-order chi connectivity index (χ0) is 10.6. The quantitative estimate of drug-likeness (QED) is 0.378. The number of aliphatic imine (C=N–C) groups is 1. The molecule has 0 spiro atoms. The molecule has 0 atom stereocenters. The predicted octanol–water partition coefficient (Wildman–Crippen LogP) is 4.61. The van der Waals surface area contributed by atoms with Crippen LogP contribution in [0.3, 0.4) is 0 Å². The van der Waals surface area contributed by atoms with E-state index in [0.717, 1.165) is 6.54 Å². The maximum atomic E-state index is 4.67. The number of nitrogens with zero attached hydrogens (tertiary/aromatic N) is 1. The average molecular weight is 197 g/mol. The molecular weight excluding hydrogens is 170 g/mol. The molecular formula is C13H27N. The van der Waals surface area contributed by atoms with Crippen molar-refractivity contribution in [3.05, 3.63) is 0 Å². The van der Waals surface area contributed by atoms with E-state index >= 15 is 0 Å². The Morgan fingerprint density at radius 3 is 2.00 bits per heavy atom. The van der Waals surface area contributed by atoms with Crippen LogP contribution in [0.25, 0.3) is 0 Å². The van der Waals surface area contributed by atoms with Gasteiger partial charge in [0.1, 0.15) is 0 Å². The molecule has 0 fully saturated rings. The lowest BCUT2D eigenvalue weighted by molar-refractivity contribution is 0.724. The molecule has 14 heavy (non-hydrogen) atoms. The molecule has 0 aromatic heterocycles. The maximum absolute atomic E-state index is 4.67. The number of hydrogen-bond donors (Lipinski definition) is 0. The lowest BCUT2D eigenvalue weighted by atomic mass is 10.1. The Hall–Kier alpha value is -0.330. The van der Waals surface area contributed by atoms with Crippen molar-refractivity contribution in [1.82, 2.24) is 0 Å².